The molecule has 2 heterocycles. The Labute approximate surface area is 97.2 Å². The Morgan fingerprint density at radius 1 is 1.12 bits per heavy atom. The van der Waals surface area contributed by atoms with Crippen LogP contribution in [0.15, 0.2) is 12.3 Å². The van der Waals surface area contributed by atoms with Crippen molar-refractivity contribution in [3.63, 3.8) is 0 Å². The molecule has 2 aromatic heterocycles. The summed E-state index contributed by atoms with van der Waals surface area (Å²) in [6.07, 6.45) is -3.47. The highest BCUT2D eigenvalue weighted by atomic mass is 35.5. The zero-order valence-electron chi connectivity index (χ0n) is 7.39. The number of rotatable bonds is 0. The van der Waals surface area contributed by atoms with E-state index in [0.717, 1.165) is 0 Å². The van der Waals surface area contributed by atoms with Gasteiger partial charge in [-0.2, -0.15) is 13.2 Å². The summed E-state index contributed by atoms with van der Waals surface area (Å²) in [5.41, 5.74) is -0.142. The number of hydrogen-bond donors (Lipinski definition) is 0. The molecule has 2 aromatic rings. The quantitative estimate of drug-likeness (QED) is 0.687. The predicted octanol–water partition coefficient (Wildman–Crippen LogP) is 3.35. The van der Waals surface area contributed by atoms with Gasteiger partial charge in [0.25, 0.3) is 0 Å². The van der Waals surface area contributed by atoms with Crippen LogP contribution in [-0.4, -0.2) is 15.0 Å². The third-order valence-corrected chi connectivity index (χ3v) is 2.22. The first kappa shape index (κ1) is 11.3. The Morgan fingerprint density at radius 2 is 1.81 bits per heavy atom. The molecule has 0 aliphatic heterocycles. The van der Waals surface area contributed by atoms with E-state index in [0.29, 0.717) is 0 Å². The van der Waals surface area contributed by atoms with E-state index < -0.39 is 12.0 Å². The van der Waals surface area contributed by atoms with Crippen molar-refractivity contribution in [2.75, 3.05) is 0 Å². The predicted molar refractivity (Wildman–Crippen MR) is 52.4 cm³/mol. The van der Waals surface area contributed by atoms with E-state index in [4.69, 9.17) is 23.2 Å². The summed E-state index contributed by atoms with van der Waals surface area (Å²) < 4.78 is 37.0. The zero-order valence-corrected chi connectivity index (χ0v) is 8.90. The molecular formula is C8H2Cl2F3N3. The van der Waals surface area contributed by atoms with Gasteiger partial charge in [0.1, 0.15) is 5.15 Å². The highest BCUT2D eigenvalue weighted by molar-refractivity contribution is 6.35. The largest absolute Gasteiger partial charge is 0.451 e. The van der Waals surface area contributed by atoms with Gasteiger partial charge in [0, 0.05) is 6.20 Å². The molecule has 0 N–H and O–H groups in total. The van der Waals surface area contributed by atoms with Crippen LogP contribution in [0.1, 0.15) is 5.82 Å². The first-order valence-corrected chi connectivity index (χ1v) is 4.69. The summed E-state index contributed by atoms with van der Waals surface area (Å²) in [5.74, 6) is -1.32. The number of aromatic nitrogens is 3. The third-order valence-electron chi connectivity index (χ3n) is 1.72. The summed E-state index contributed by atoms with van der Waals surface area (Å²) >= 11 is 11.2. The van der Waals surface area contributed by atoms with Gasteiger partial charge in [-0.25, -0.2) is 15.0 Å². The lowest BCUT2D eigenvalue weighted by Gasteiger charge is -2.06. The van der Waals surface area contributed by atoms with Crippen molar-refractivity contribution < 1.29 is 13.2 Å². The van der Waals surface area contributed by atoms with Gasteiger partial charge < -0.3 is 0 Å². The van der Waals surface area contributed by atoms with E-state index in [2.05, 4.69) is 15.0 Å². The van der Waals surface area contributed by atoms with Crippen molar-refractivity contribution in [2.24, 2.45) is 0 Å². The van der Waals surface area contributed by atoms with Crippen LogP contribution in [0.5, 0.6) is 0 Å². The molecule has 0 aromatic carbocycles. The molecule has 8 heteroatoms. The molecule has 0 saturated heterocycles. The molecule has 0 bridgehead atoms. The minimum atomic E-state index is -4.65. The van der Waals surface area contributed by atoms with Crippen LogP contribution in [0.2, 0.25) is 10.2 Å². The van der Waals surface area contributed by atoms with Crippen molar-refractivity contribution >= 4 is 34.2 Å². The molecule has 0 unspecified atom stereocenters. The van der Waals surface area contributed by atoms with Gasteiger partial charge >= 0.3 is 6.18 Å². The normalized spacial score (nSPS) is 12.1. The van der Waals surface area contributed by atoms with Crippen LogP contribution in [0.3, 0.4) is 0 Å². The van der Waals surface area contributed by atoms with Gasteiger partial charge in [0.05, 0.1) is 10.4 Å². The molecule has 0 radical (unpaired) electrons. The van der Waals surface area contributed by atoms with E-state index in [1.54, 1.807) is 0 Å². The van der Waals surface area contributed by atoms with Crippen LogP contribution in [0.25, 0.3) is 11.0 Å². The number of pyridine rings is 1. The van der Waals surface area contributed by atoms with Crippen molar-refractivity contribution in [3.05, 3.63) is 28.3 Å². The lowest BCUT2D eigenvalue weighted by atomic mass is 10.3. The average molecular weight is 268 g/mol. The maximum atomic E-state index is 12.3. The molecule has 16 heavy (non-hydrogen) atoms. The number of fused-ring (bicyclic) bond motifs is 1. The van der Waals surface area contributed by atoms with Crippen molar-refractivity contribution in [1.29, 1.82) is 0 Å². The van der Waals surface area contributed by atoms with E-state index in [-0.39, 0.29) is 21.2 Å². The van der Waals surface area contributed by atoms with E-state index in [9.17, 15) is 13.2 Å². The summed E-state index contributed by atoms with van der Waals surface area (Å²) in [7, 11) is 0. The van der Waals surface area contributed by atoms with Crippen LogP contribution < -0.4 is 0 Å². The second-order valence-corrected chi connectivity index (χ2v) is 3.65. The van der Waals surface area contributed by atoms with Crippen molar-refractivity contribution in [3.8, 4) is 0 Å². The van der Waals surface area contributed by atoms with Gasteiger partial charge in [-0.3, -0.25) is 0 Å². The van der Waals surface area contributed by atoms with E-state index in [1.807, 2.05) is 0 Å². The van der Waals surface area contributed by atoms with Crippen LogP contribution >= 0.6 is 23.2 Å². The molecule has 0 fully saturated rings. The fraction of sp³-hybridized carbons (Fsp3) is 0.125. The molecule has 0 spiro atoms. The van der Waals surface area contributed by atoms with Gasteiger partial charge in [-0.15, -0.1) is 0 Å². The fourth-order valence-electron chi connectivity index (χ4n) is 1.08. The van der Waals surface area contributed by atoms with Crippen molar-refractivity contribution in [1.82, 2.24) is 15.0 Å². The summed E-state index contributed by atoms with van der Waals surface area (Å²) in [5, 5.41) is 0.104. The molecule has 0 saturated carbocycles. The first-order chi connectivity index (χ1) is 7.38. The SMILES string of the molecule is FC(F)(F)c1nc(Cl)c2cc(Cl)cnc2n1. The molecule has 0 atom stereocenters. The van der Waals surface area contributed by atoms with Gasteiger partial charge in [0.15, 0.2) is 5.65 Å². The van der Waals surface area contributed by atoms with Gasteiger partial charge in [0.2, 0.25) is 5.82 Å². The molecule has 84 valence electrons. The van der Waals surface area contributed by atoms with Crippen molar-refractivity contribution in [2.45, 2.75) is 6.18 Å². The smallest absolute Gasteiger partial charge is 0.235 e. The first-order valence-electron chi connectivity index (χ1n) is 3.94. The highest BCUT2D eigenvalue weighted by Crippen LogP contribution is 2.30. The molecule has 0 aliphatic rings. The van der Waals surface area contributed by atoms with Crippen LogP contribution in [0, 0.1) is 0 Å². The lowest BCUT2D eigenvalue weighted by Crippen LogP contribution is -2.11. The number of halogens is 5. The topological polar surface area (TPSA) is 38.7 Å². The van der Waals surface area contributed by atoms with E-state index in [1.165, 1.54) is 12.3 Å². The second-order valence-electron chi connectivity index (χ2n) is 2.86. The standard InChI is InChI=1S/C8H2Cl2F3N3/c9-3-1-4-5(10)15-7(8(11,12)13)16-6(4)14-2-3/h1-2H. The molecule has 2 rings (SSSR count). The maximum Gasteiger partial charge on any atom is 0.451 e. The zero-order chi connectivity index (χ0) is 11.9. The average Bonchev–Trinajstić information content (AvgIpc) is 2.17. The van der Waals surface area contributed by atoms with Crippen LogP contribution in [0.4, 0.5) is 13.2 Å². The molecule has 3 nitrogen and oxygen atoms in total. The monoisotopic (exact) mass is 267 g/mol. The van der Waals surface area contributed by atoms with E-state index >= 15 is 0 Å². The maximum absolute atomic E-state index is 12.3. The van der Waals surface area contributed by atoms with Crippen LogP contribution in [-0.2, 0) is 6.18 Å². The highest BCUT2D eigenvalue weighted by Gasteiger charge is 2.35. The molecule has 0 amide bonds. The van der Waals surface area contributed by atoms with Gasteiger partial charge in [-0.1, -0.05) is 23.2 Å². The number of nitrogens with zero attached hydrogens (tertiary/aromatic N) is 3. The molecular weight excluding hydrogens is 266 g/mol. The third kappa shape index (κ3) is 2.03. The Bertz CT molecular complexity index is 556. The second kappa shape index (κ2) is 3.71. The fourth-order valence-corrected chi connectivity index (χ4v) is 1.46. The molecule has 0 aliphatic carbocycles. The summed E-state index contributed by atoms with van der Waals surface area (Å²) in [6, 6.07) is 1.35. The number of hydrogen-bond acceptors (Lipinski definition) is 3. The summed E-state index contributed by atoms with van der Waals surface area (Å²) in [6.45, 7) is 0. The Hall–Kier alpha value is -1.14. The summed E-state index contributed by atoms with van der Waals surface area (Å²) in [4.78, 5) is 10.1. The Kier molecular flexibility index (Phi) is 2.63. The lowest BCUT2D eigenvalue weighted by molar-refractivity contribution is -0.144. The Morgan fingerprint density at radius 3 is 2.44 bits per heavy atom. The van der Waals surface area contributed by atoms with Gasteiger partial charge in [-0.05, 0) is 6.07 Å². The minimum Gasteiger partial charge on any atom is -0.235 e. The Balaban J connectivity index is 2.74. The number of alkyl halides is 3. The minimum absolute atomic E-state index is 0.142.